The Labute approximate surface area is 200 Å². The number of ether oxygens (including phenoxy) is 1. The number of halogens is 9. The Hall–Kier alpha value is -3.69. The highest BCUT2D eigenvalue weighted by Crippen LogP contribution is 2.33. The largest absolute Gasteiger partial charge is 0.481 e. The zero-order chi connectivity index (χ0) is 26.4. The van der Waals surface area contributed by atoms with Crippen molar-refractivity contribution in [3.63, 3.8) is 0 Å². The summed E-state index contributed by atoms with van der Waals surface area (Å²) in [6.45, 7) is -0.486. The van der Waals surface area contributed by atoms with Gasteiger partial charge in [0.05, 0.1) is 19.9 Å². The van der Waals surface area contributed by atoms with Gasteiger partial charge in [-0.05, 0) is 29.3 Å². The molecular weight excluding hydrogens is 530 g/mol. The maximum absolute atomic E-state index is 15.0. The number of nitrogens with zero attached hydrogens (tertiary/aromatic N) is 6. The summed E-state index contributed by atoms with van der Waals surface area (Å²) in [5.41, 5.74) is -2.64. The molecule has 0 amide bonds. The fourth-order valence-electron chi connectivity index (χ4n) is 3.25. The minimum Gasteiger partial charge on any atom is -0.481 e. The minimum atomic E-state index is -4.91. The second-order valence-electron chi connectivity index (χ2n) is 7.14. The number of methoxy groups -OCH3 is 1. The summed E-state index contributed by atoms with van der Waals surface area (Å²) in [5.74, 6) is -3.72. The van der Waals surface area contributed by atoms with Crippen LogP contribution in [0.4, 0.5) is 41.1 Å². The molecular formula is C19H12ClF8N7O. The van der Waals surface area contributed by atoms with Gasteiger partial charge >= 0.3 is 6.18 Å². The third-order valence-corrected chi connectivity index (χ3v) is 4.93. The van der Waals surface area contributed by atoms with Crippen molar-refractivity contribution in [2.24, 2.45) is 0 Å². The van der Waals surface area contributed by atoms with E-state index < -0.39 is 60.3 Å². The van der Waals surface area contributed by atoms with Crippen LogP contribution in [0.25, 0.3) is 16.9 Å². The van der Waals surface area contributed by atoms with Gasteiger partial charge in [0.1, 0.15) is 11.2 Å². The van der Waals surface area contributed by atoms with Gasteiger partial charge in [-0.3, -0.25) is 4.57 Å². The van der Waals surface area contributed by atoms with Gasteiger partial charge in [0, 0.05) is 6.07 Å². The second kappa shape index (κ2) is 9.40. The Morgan fingerprint density at radius 1 is 1.08 bits per heavy atom. The summed E-state index contributed by atoms with van der Waals surface area (Å²) < 4.78 is 114. The fraction of sp³-hybridized carbons (Fsp3) is 0.263. The van der Waals surface area contributed by atoms with Crippen molar-refractivity contribution >= 4 is 28.7 Å². The highest BCUT2D eigenvalue weighted by Gasteiger charge is 2.36. The molecule has 0 saturated carbocycles. The van der Waals surface area contributed by atoms with Gasteiger partial charge in [-0.2, -0.15) is 27.9 Å². The molecule has 0 saturated heterocycles. The average molecular weight is 542 g/mol. The number of hydrogen-bond acceptors (Lipinski definition) is 6. The van der Waals surface area contributed by atoms with E-state index in [1.165, 1.54) is 0 Å². The molecule has 1 atom stereocenters. The predicted molar refractivity (Wildman–Crippen MR) is 109 cm³/mol. The number of fused-ring (bicyclic) bond motifs is 1. The SMILES string of the molecule is COc1cc(C(F)(F)F)nn1-c1c(F)cc(Cn2c(NC(F)C(F)F)nc3cnc(Cl)nc32)cc1F. The molecule has 0 radical (unpaired) electrons. The van der Waals surface area contributed by atoms with Gasteiger partial charge in [0.2, 0.25) is 23.4 Å². The first kappa shape index (κ1) is 25.4. The monoisotopic (exact) mass is 541 g/mol. The van der Waals surface area contributed by atoms with Gasteiger partial charge in [-0.1, -0.05) is 0 Å². The topological polar surface area (TPSA) is 82.7 Å². The average Bonchev–Trinajstić information content (AvgIpc) is 3.35. The van der Waals surface area contributed by atoms with Crippen LogP contribution in [0.2, 0.25) is 5.28 Å². The summed E-state index contributed by atoms with van der Waals surface area (Å²) in [6.07, 6.45) is -10.1. The van der Waals surface area contributed by atoms with Crippen molar-refractivity contribution in [3.8, 4) is 11.6 Å². The van der Waals surface area contributed by atoms with Crippen LogP contribution in [-0.2, 0) is 12.7 Å². The van der Waals surface area contributed by atoms with E-state index in [2.05, 4.69) is 20.1 Å². The Morgan fingerprint density at radius 3 is 2.33 bits per heavy atom. The number of benzene rings is 1. The predicted octanol–water partition coefficient (Wildman–Crippen LogP) is 4.99. The zero-order valence-corrected chi connectivity index (χ0v) is 18.4. The molecule has 0 aliphatic rings. The van der Waals surface area contributed by atoms with Crippen molar-refractivity contribution in [3.05, 3.63) is 52.6 Å². The Morgan fingerprint density at radius 2 is 1.75 bits per heavy atom. The summed E-state index contributed by atoms with van der Waals surface area (Å²) in [5, 5.41) is 4.74. The summed E-state index contributed by atoms with van der Waals surface area (Å²) >= 11 is 5.76. The molecule has 0 bridgehead atoms. The van der Waals surface area contributed by atoms with E-state index in [4.69, 9.17) is 16.3 Å². The third-order valence-electron chi connectivity index (χ3n) is 4.75. The first-order valence-corrected chi connectivity index (χ1v) is 10.0. The molecule has 4 aromatic rings. The van der Waals surface area contributed by atoms with Crippen LogP contribution in [0.3, 0.4) is 0 Å². The Kier molecular flexibility index (Phi) is 6.64. The normalized spacial score (nSPS) is 13.0. The van der Waals surface area contributed by atoms with Crippen LogP contribution >= 0.6 is 11.6 Å². The molecule has 0 spiro atoms. The van der Waals surface area contributed by atoms with E-state index in [1.807, 2.05) is 5.32 Å². The molecule has 36 heavy (non-hydrogen) atoms. The van der Waals surface area contributed by atoms with Crippen LogP contribution in [0.15, 0.2) is 24.4 Å². The Bertz CT molecular complexity index is 1400. The second-order valence-corrected chi connectivity index (χ2v) is 7.48. The summed E-state index contributed by atoms with van der Waals surface area (Å²) in [4.78, 5) is 11.5. The molecule has 1 unspecified atom stereocenters. The number of nitrogens with one attached hydrogen (secondary N) is 1. The first-order valence-electron chi connectivity index (χ1n) is 9.66. The van der Waals surface area contributed by atoms with Gasteiger partial charge in [0.25, 0.3) is 6.43 Å². The van der Waals surface area contributed by atoms with E-state index in [0.29, 0.717) is 10.7 Å². The molecule has 17 heteroatoms. The highest BCUT2D eigenvalue weighted by molar-refractivity contribution is 6.28. The lowest BCUT2D eigenvalue weighted by molar-refractivity contribution is -0.141. The van der Waals surface area contributed by atoms with Crippen LogP contribution in [0, 0.1) is 11.6 Å². The number of rotatable bonds is 7. The molecule has 0 aliphatic carbocycles. The highest BCUT2D eigenvalue weighted by atomic mass is 35.5. The van der Waals surface area contributed by atoms with E-state index >= 15 is 0 Å². The molecule has 8 nitrogen and oxygen atoms in total. The van der Waals surface area contributed by atoms with Crippen LogP contribution in [0.5, 0.6) is 5.88 Å². The van der Waals surface area contributed by atoms with Crippen molar-refractivity contribution in [2.75, 3.05) is 12.4 Å². The zero-order valence-electron chi connectivity index (χ0n) is 17.7. The summed E-state index contributed by atoms with van der Waals surface area (Å²) in [6, 6.07) is 1.97. The molecule has 1 N–H and O–H groups in total. The van der Waals surface area contributed by atoms with Crippen molar-refractivity contribution in [1.82, 2.24) is 29.3 Å². The molecule has 1 aromatic carbocycles. The van der Waals surface area contributed by atoms with E-state index in [0.717, 1.165) is 30.0 Å². The standard InChI is InChI=1S/C19H12ClF8N7O/c1-36-12-4-11(19(26,27)28)33-35(12)13-8(21)2-7(3-9(13)22)6-34-16-10(5-29-17(20)32-16)30-18(34)31-15(25)14(23)24/h2-5,14-15H,6H2,1H3,(H,30,31). The number of imidazole rings is 1. The maximum atomic E-state index is 15.0. The summed E-state index contributed by atoms with van der Waals surface area (Å²) in [7, 11) is 0.987. The molecule has 0 aliphatic heterocycles. The molecule has 3 heterocycles. The molecule has 4 rings (SSSR count). The quantitative estimate of drug-likeness (QED) is 0.202. The first-order chi connectivity index (χ1) is 16.9. The van der Waals surface area contributed by atoms with Crippen molar-refractivity contribution < 1.29 is 39.9 Å². The third kappa shape index (κ3) is 4.84. The molecule has 192 valence electrons. The fourth-order valence-corrected chi connectivity index (χ4v) is 3.38. The minimum absolute atomic E-state index is 0.00175. The lowest BCUT2D eigenvalue weighted by Gasteiger charge is -2.14. The van der Waals surface area contributed by atoms with Crippen molar-refractivity contribution in [2.45, 2.75) is 25.4 Å². The lowest BCUT2D eigenvalue weighted by atomic mass is 10.2. The number of hydrogen-bond donors (Lipinski definition) is 1. The molecule has 0 fully saturated rings. The van der Waals surface area contributed by atoms with Crippen LogP contribution in [-0.4, -0.2) is 49.1 Å². The lowest BCUT2D eigenvalue weighted by Crippen LogP contribution is -2.24. The van der Waals surface area contributed by atoms with E-state index in [-0.39, 0.29) is 22.0 Å². The van der Waals surface area contributed by atoms with Crippen LogP contribution < -0.4 is 10.1 Å². The Balaban J connectivity index is 1.77. The number of alkyl halides is 6. The smallest absolute Gasteiger partial charge is 0.435 e. The van der Waals surface area contributed by atoms with E-state index in [1.54, 1.807) is 0 Å². The van der Waals surface area contributed by atoms with E-state index in [9.17, 15) is 35.1 Å². The molecule has 3 aromatic heterocycles. The maximum Gasteiger partial charge on any atom is 0.435 e. The van der Waals surface area contributed by atoms with Gasteiger partial charge in [-0.25, -0.2) is 31.9 Å². The van der Waals surface area contributed by atoms with Gasteiger partial charge in [-0.15, -0.1) is 0 Å². The van der Waals surface area contributed by atoms with Crippen molar-refractivity contribution in [1.29, 1.82) is 0 Å². The van der Waals surface area contributed by atoms with Gasteiger partial charge < -0.3 is 10.1 Å². The number of aromatic nitrogens is 6. The van der Waals surface area contributed by atoms with Crippen LogP contribution in [0.1, 0.15) is 11.3 Å². The number of anilines is 1. The van der Waals surface area contributed by atoms with Gasteiger partial charge in [0.15, 0.2) is 23.0 Å².